The number of aryl methyl sites for hydroxylation is 2. The van der Waals surface area contributed by atoms with Crippen molar-refractivity contribution < 1.29 is 9.59 Å². The maximum absolute atomic E-state index is 12.8. The molecule has 142 valence electrons. The third kappa shape index (κ3) is 4.55. The van der Waals surface area contributed by atoms with Gasteiger partial charge in [-0.3, -0.25) is 9.59 Å². The van der Waals surface area contributed by atoms with Crippen LogP contribution in [0.1, 0.15) is 33.1 Å². The Labute approximate surface area is 161 Å². The smallest absolute Gasteiger partial charge is 0.251 e. The highest BCUT2D eigenvalue weighted by molar-refractivity contribution is 5.96. The molecule has 1 aliphatic heterocycles. The Morgan fingerprint density at radius 3 is 2.48 bits per heavy atom. The number of likely N-dealkylation sites (N-methyl/N-ethyl adjacent to an activating group) is 1. The van der Waals surface area contributed by atoms with Gasteiger partial charge >= 0.3 is 0 Å². The Kier molecular flexibility index (Phi) is 5.91. The fourth-order valence-corrected chi connectivity index (χ4v) is 3.42. The van der Waals surface area contributed by atoms with Crippen LogP contribution in [-0.2, 0) is 4.79 Å². The Balaban J connectivity index is 1.66. The number of nitrogens with one attached hydrogen (secondary N) is 1. The van der Waals surface area contributed by atoms with Crippen LogP contribution in [0, 0.1) is 13.8 Å². The van der Waals surface area contributed by atoms with Crippen LogP contribution >= 0.6 is 0 Å². The minimum absolute atomic E-state index is 0.0102. The van der Waals surface area contributed by atoms with E-state index in [2.05, 4.69) is 29.4 Å². The number of carbonyl (C=O) groups excluding carboxylic acids is 2. The molecule has 1 heterocycles. The standard InChI is InChI=1S/C22H27N3O2/c1-16-9-10-19(13-17(16)2)22(27)23-14-21(26)25-12-11-24(3)15-20(25)18-7-5-4-6-8-18/h4-10,13,20H,11-12,14-15H2,1-3H3,(H,23,27). The number of hydrogen-bond acceptors (Lipinski definition) is 3. The van der Waals surface area contributed by atoms with Crippen LogP contribution in [0.4, 0.5) is 0 Å². The maximum atomic E-state index is 12.8. The topological polar surface area (TPSA) is 52.7 Å². The first-order chi connectivity index (χ1) is 13.0. The Hall–Kier alpha value is -2.66. The normalized spacial score (nSPS) is 17.6. The highest BCUT2D eigenvalue weighted by atomic mass is 16.2. The third-order valence-corrected chi connectivity index (χ3v) is 5.26. The second-order valence-electron chi connectivity index (χ2n) is 7.26. The summed E-state index contributed by atoms with van der Waals surface area (Å²) in [5.74, 6) is -0.258. The second-order valence-corrected chi connectivity index (χ2v) is 7.26. The van der Waals surface area contributed by atoms with E-state index in [1.165, 1.54) is 0 Å². The van der Waals surface area contributed by atoms with Crippen molar-refractivity contribution in [2.75, 3.05) is 33.2 Å². The molecule has 2 aromatic rings. The molecule has 5 nitrogen and oxygen atoms in total. The molecule has 1 saturated heterocycles. The van der Waals surface area contributed by atoms with Gasteiger partial charge in [-0.15, -0.1) is 0 Å². The van der Waals surface area contributed by atoms with Gasteiger partial charge in [0, 0.05) is 25.2 Å². The molecule has 1 N–H and O–H groups in total. The second kappa shape index (κ2) is 8.35. The molecule has 5 heteroatoms. The lowest BCUT2D eigenvalue weighted by atomic mass is 10.0. The molecule has 1 fully saturated rings. The number of rotatable bonds is 4. The molecule has 1 aliphatic rings. The van der Waals surface area contributed by atoms with E-state index in [9.17, 15) is 9.59 Å². The molecule has 2 amide bonds. The Morgan fingerprint density at radius 1 is 1.04 bits per heavy atom. The predicted molar refractivity (Wildman–Crippen MR) is 107 cm³/mol. The first-order valence-corrected chi connectivity index (χ1v) is 9.34. The van der Waals surface area contributed by atoms with E-state index in [0.29, 0.717) is 12.1 Å². The van der Waals surface area contributed by atoms with E-state index in [1.54, 1.807) is 6.07 Å². The third-order valence-electron chi connectivity index (χ3n) is 5.26. The summed E-state index contributed by atoms with van der Waals surface area (Å²) in [6, 6.07) is 15.7. The SMILES string of the molecule is Cc1ccc(C(=O)NCC(=O)N2CCN(C)CC2c2ccccc2)cc1C. The van der Waals surface area contributed by atoms with E-state index in [1.807, 2.05) is 49.1 Å². The molecule has 1 atom stereocenters. The van der Waals surface area contributed by atoms with Gasteiger partial charge in [0.25, 0.3) is 5.91 Å². The number of piperazine rings is 1. The molecule has 0 aliphatic carbocycles. The predicted octanol–water partition coefficient (Wildman–Crippen LogP) is 2.55. The molecule has 3 rings (SSSR count). The summed E-state index contributed by atoms with van der Waals surface area (Å²) in [5.41, 5.74) is 3.92. The first kappa shape index (κ1) is 19.1. The molecule has 0 spiro atoms. The van der Waals surface area contributed by atoms with Gasteiger partial charge in [0.15, 0.2) is 0 Å². The monoisotopic (exact) mass is 365 g/mol. The van der Waals surface area contributed by atoms with E-state index >= 15 is 0 Å². The van der Waals surface area contributed by atoms with Crippen molar-refractivity contribution in [2.24, 2.45) is 0 Å². The van der Waals surface area contributed by atoms with Gasteiger partial charge in [-0.25, -0.2) is 0 Å². The lowest BCUT2D eigenvalue weighted by Gasteiger charge is -2.40. The average Bonchev–Trinajstić information content (AvgIpc) is 2.68. The largest absolute Gasteiger partial charge is 0.343 e. The van der Waals surface area contributed by atoms with Crippen LogP contribution in [0.5, 0.6) is 0 Å². The molecule has 0 saturated carbocycles. The zero-order chi connectivity index (χ0) is 19.4. The molecular formula is C22H27N3O2. The van der Waals surface area contributed by atoms with Crippen LogP contribution in [0.2, 0.25) is 0 Å². The summed E-state index contributed by atoms with van der Waals surface area (Å²) in [6.45, 7) is 6.29. The molecule has 0 aromatic heterocycles. The first-order valence-electron chi connectivity index (χ1n) is 9.34. The molecule has 0 radical (unpaired) electrons. The number of nitrogens with zero attached hydrogens (tertiary/aromatic N) is 2. The van der Waals surface area contributed by atoms with Crippen molar-refractivity contribution in [1.82, 2.24) is 15.1 Å². The fraction of sp³-hybridized carbons (Fsp3) is 0.364. The lowest BCUT2D eigenvalue weighted by molar-refractivity contribution is -0.135. The minimum Gasteiger partial charge on any atom is -0.343 e. The summed E-state index contributed by atoms with van der Waals surface area (Å²) >= 11 is 0. The van der Waals surface area contributed by atoms with Crippen LogP contribution in [0.25, 0.3) is 0 Å². The van der Waals surface area contributed by atoms with Gasteiger partial charge in [0.2, 0.25) is 5.91 Å². The lowest BCUT2D eigenvalue weighted by Crippen LogP contribution is -2.51. The number of carbonyl (C=O) groups is 2. The maximum Gasteiger partial charge on any atom is 0.251 e. The van der Waals surface area contributed by atoms with Gasteiger partial charge in [-0.05, 0) is 49.7 Å². The van der Waals surface area contributed by atoms with E-state index in [-0.39, 0.29) is 24.4 Å². The summed E-state index contributed by atoms with van der Waals surface area (Å²) in [6.07, 6.45) is 0. The summed E-state index contributed by atoms with van der Waals surface area (Å²) in [7, 11) is 2.07. The van der Waals surface area contributed by atoms with Crippen LogP contribution < -0.4 is 5.32 Å². The highest BCUT2D eigenvalue weighted by Crippen LogP contribution is 2.24. The fourth-order valence-electron chi connectivity index (χ4n) is 3.42. The van der Waals surface area contributed by atoms with Crippen molar-refractivity contribution in [3.8, 4) is 0 Å². The molecule has 1 unspecified atom stereocenters. The van der Waals surface area contributed by atoms with Crippen molar-refractivity contribution in [3.63, 3.8) is 0 Å². The molecule has 0 bridgehead atoms. The van der Waals surface area contributed by atoms with Gasteiger partial charge in [0.05, 0.1) is 12.6 Å². The average molecular weight is 365 g/mol. The minimum atomic E-state index is -0.211. The van der Waals surface area contributed by atoms with Crippen LogP contribution in [0.15, 0.2) is 48.5 Å². The number of hydrogen-bond donors (Lipinski definition) is 1. The van der Waals surface area contributed by atoms with E-state index < -0.39 is 0 Å². The van der Waals surface area contributed by atoms with Gasteiger partial charge in [-0.2, -0.15) is 0 Å². The van der Waals surface area contributed by atoms with Gasteiger partial charge in [0.1, 0.15) is 0 Å². The molecule has 27 heavy (non-hydrogen) atoms. The molecular weight excluding hydrogens is 338 g/mol. The van der Waals surface area contributed by atoms with Crippen molar-refractivity contribution in [1.29, 1.82) is 0 Å². The van der Waals surface area contributed by atoms with Crippen molar-refractivity contribution in [2.45, 2.75) is 19.9 Å². The number of amides is 2. The van der Waals surface area contributed by atoms with Crippen molar-refractivity contribution >= 4 is 11.8 Å². The highest BCUT2D eigenvalue weighted by Gasteiger charge is 2.30. The van der Waals surface area contributed by atoms with Crippen molar-refractivity contribution in [3.05, 3.63) is 70.8 Å². The van der Waals surface area contributed by atoms with Crippen LogP contribution in [-0.4, -0.2) is 54.8 Å². The Morgan fingerprint density at radius 2 is 1.78 bits per heavy atom. The molecule has 2 aromatic carbocycles. The van der Waals surface area contributed by atoms with Crippen LogP contribution in [0.3, 0.4) is 0 Å². The summed E-state index contributed by atoms with van der Waals surface area (Å²) in [5, 5.41) is 2.78. The summed E-state index contributed by atoms with van der Waals surface area (Å²) in [4.78, 5) is 29.4. The van der Waals surface area contributed by atoms with Gasteiger partial charge in [-0.1, -0.05) is 36.4 Å². The quantitative estimate of drug-likeness (QED) is 0.906. The van der Waals surface area contributed by atoms with E-state index in [0.717, 1.165) is 29.8 Å². The summed E-state index contributed by atoms with van der Waals surface area (Å²) < 4.78 is 0. The Bertz CT molecular complexity index is 820. The van der Waals surface area contributed by atoms with E-state index in [4.69, 9.17) is 0 Å². The zero-order valence-corrected chi connectivity index (χ0v) is 16.2. The zero-order valence-electron chi connectivity index (χ0n) is 16.2. The van der Waals surface area contributed by atoms with Gasteiger partial charge < -0.3 is 15.1 Å². The number of benzene rings is 2.